The summed E-state index contributed by atoms with van der Waals surface area (Å²) in [6.07, 6.45) is 0.326. The van der Waals surface area contributed by atoms with Crippen molar-refractivity contribution >= 4 is 22.9 Å². The van der Waals surface area contributed by atoms with E-state index < -0.39 is 12.0 Å². The van der Waals surface area contributed by atoms with Crippen molar-refractivity contribution in [1.82, 2.24) is 5.43 Å². The lowest BCUT2D eigenvalue weighted by molar-refractivity contribution is -0.129. The van der Waals surface area contributed by atoms with Gasteiger partial charge in [-0.1, -0.05) is 66.7 Å². The first kappa shape index (κ1) is 14.9. The molecule has 0 fully saturated rings. The van der Waals surface area contributed by atoms with Gasteiger partial charge in [0.1, 0.15) is 0 Å². The average molecular weight is 304 g/mol. The molecule has 1 amide bonds. The second kappa shape index (κ2) is 6.85. The Morgan fingerprint density at radius 2 is 1.65 bits per heavy atom. The SMILES string of the molecule is O=C(N/N=C\c1ccc2ccccc2c1)[C@@H](O)c1ccccc1. The molecule has 3 rings (SSSR count). The summed E-state index contributed by atoms with van der Waals surface area (Å²) in [6.45, 7) is 0. The summed E-state index contributed by atoms with van der Waals surface area (Å²) in [7, 11) is 0. The Balaban J connectivity index is 1.66. The van der Waals surface area contributed by atoms with E-state index in [2.05, 4.69) is 10.5 Å². The zero-order valence-electron chi connectivity index (χ0n) is 12.4. The maximum Gasteiger partial charge on any atom is 0.273 e. The van der Waals surface area contributed by atoms with Crippen molar-refractivity contribution in [2.45, 2.75) is 6.10 Å². The summed E-state index contributed by atoms with van der Waals surface area (Å²) >= 11 is 0. The molecule has 23 heavy (non-hydrogen) atoms. The van der Waals surface area contributed by atoms with Crippen LogP contribution in [0.25, 0.3) is 10.8 Å². The molecule has 0 unspecified atom stereocenters. The van der Waals surface area contributed by atoms with Gasteiger partial charge in [-0.05, 0) is 28.0 Å². The third-order valence-electron chi connectivity index (χ3n) is 3.53. The van der Waals surface area contributed by atoms with E-state index in [0.717, 1.165) is 16.3 Å². The lowest BCUT2D eigenvalue weighted by Gasteiger charge is -2.08. The predicted octanol–water partition coefficient (Wildman–Crippen LogP) is 3.02. The Labute approximate surface area is 134 Å². The van der Waals surface area contributed by atoms with E-state index in [1.165, 1.54) is 0 Å². The number of aliphatic hydroxyl groups is 1. The van der Waals surface area contributed by atoms with Gasteiger partial charge in [0.25, 0.3) is 5.91 Å². The van der Waals surface area contributed by atoms with Gasteiger partial charge in [-0.15, -0.1) is 0 Å². The van der Waals surface area contributed by atoms with E-state index in [1.54, 1.807) is 30.5 Å². The van der Waals surface area contributed by atoms with Crippen molar-refractivity contribution in [2.75, 3.05) is 0 Å². The molecule has 0 spiro atoms. The van der Waals surface area contributed by atoms with E-state index in [0.29, 0.717) is 5.56 Å². The monoisotopic (exact) mass is 304 g/mol. The molecule has 0 heterocycles. The number of aliphatic hydroxyl groups excluding tert-OH is 1. The topological polar surface area (TPSA) is 61.7 Å². The van der Waals surface area contributed by atoms with E-state index in [4.69, 9.17) is 0 Å². The van der Waals surface area contributed by atoms with Gasteiger partial charge in [-0.25, -0.2) is 5.43 Å². The minimum absolute atomic E-state index is 0.533. The highest BCUT2D eigenvalue weighted by Crippen LogP contribution is 2.14. The molecule has 3 aromatic carbocycles. The lowest BCUT2D eigenvalue weighted by Crippen LogP contribution is -2.25. The molecule has 0 aromatic heterocycles. The van der Waals surface area contributed by atoms with Crippen LogP contribution in [0.1, 0.15) is 17.2 Å². The lowest BCUT2D eigenvalue weighted by atomic mass is 10.1. The van der Waals surface area contributed by atoms with Crippen LogP contribution in [0.5, 0.6) is 0 Å². The second-order valence-corrected chi connectivity index (χ2v) is 5.15. The second-order valence-electron chi connectivity index (χ2n) is 5.15. The van der Waals surface area contributed by atoms with E-state index >= 15 is 0 Å². The fraction of sp³-hybridized carbons (Fsp3) is 0.0526. The van der Waals surface area contributed by atoms with Crippen LogP contribution in [0, 0.1) is 0 Å². The highest BCUT2D eigenvalue weighted by atomic mass is 16.3. The summed E-state index contributed by atoms with van der Waals surface area (Å²) < 4.78 is 0. The first-order valence-corrected chi connectivity index (χ1v) is 7.29. The number of nitrogens with zero attached hydrogens (tertiary/aromatic N) is 1. The van der Waals surface area contributed by atoms with Crippen molar-refractivity contribution < 1.29 is 9.90 Å². The molecule has 0 saturated carbocycles. The van der Waals surface area contributed by atoms with Crippen molar-refractivity contribution in [3.63, 3.8) is 0 Å². The van der Waals surface area contributed by atoms with Crippen molar-refractivity contribution in [3.05, 3.63) is 83.9 Å². The average Bonchev–Trinajstić information content (AvgIpc) is 2.61. The van der Waals surface area contributed by atoms with E-state index in [9.17, 15) is 9.90 Å². The summed E-state index contributed by atoms with van der Waals surface area (Å²) in [4.78, 5) is 11.9. The molecule has 0 radical (unpaired) electrons. The zero-order valence-corrected chi connectivity index (χ0v) is 12.4. The molecule has 1 atom stereocenters. The molecule has 0 aliphatic heterocycles. The molecule has 0 aliphatic rings. The molecule has 2 N–H and O–H groups in total. The number of fused-ring (bicyclic) bond motifs is 1. The smallest absolute Gasteiger partial charge is 0.273 e. The number of carbonyl (C=O) groups excluding carboxylic acids is 1. The quantitative estimate of drug-likeness (QED) is 0.575. The van der Waals surface area contributed by atoms with Gasteiger partial charge >= 0.3 is 0 Å². The van der Waals surface area contributed by atoms with Crippen LogP contribution in [-0.4, -0.2) is 17.2 Å². The van der Waals surface area contributed by atoms with Gasteiger partial charge in [0.15, 0.2) is 6.10 Å². The van der Waals surface area contributed by atoms with E-state index in [-0.39, 0.29) is 0 Å². The molecule has 3 aromatic rings. The normalized spacial score (nSPS) is 12.4. The molecule has 0 bridgehead atoms. The Kier molecular flexibility index (Phi) is 4.45. The van der Waals surface area contributed by atoms with Crippen LogP contribution in [0.15, 0.2) is 77.9 Å². The number of hydrazone groups is 1. The first-order chi connectivity index (χ1) is 11.2. The van der Waals surface area contributed by atoms with Gasteiger partial charge in [-0.3, -0.25) is 4.79 Å². The van der Waals surface area contributed by atoms with Crippen LogP contribution in [0.2, 0.25) is 0 Å². The summed E-state index contributed by atoms with van der Waals surface area (Å²) in [5, 5.41) is 16.1. The van der Waals surface area contributed by atoms with E-state index in [1.807, 2.05) is 48.5 Å². The fourth-order valence-electron chi connectivity index (χ4n) is 2.31. The number of hydrogen-bond acceptors (Lipinski definition) is 3. The maximum absolute atomic E-state index is 11.9. The van der Waals surface area contributed by atoms with Crippen molar-refractivity contribution in [3.8, 4) is 0 Å². The van der Waals surface area contributed by atoms with Crippen LogP contribution >= 0.6 is 0 Å². The Morgan fingerprint density at radius 3 is 2.43 bits per heavy atom. The van der Waals surface area contributed by atoms with Gasteiger partial charge in [-0.2, -0.15) is 5.10 Å². The van der Waals surface area contributed by atoms with Gasteiger partial charge in [0, 0.05) is 0 Å². The molecule has 0 aliphatic carbocycles. The third kappa shape index (κ3) is 3.62. The number of nitrogens with one attached hydrogen (secondary N) is 1. The number of benzene rings is 3. The molecular formula is C19H16N2O2. The van der Waals surface area contributed by atoms with Crippen LogP contribution in [-0.2, 0) is 4.79 Å². The Hall–Kier alpha value is -2.98. The number of rotatable bonds is 4. The highest BCUT2D eigenvalue weighted by molar-refractivity contribution is 5.91. The fourth-order valence-corrected chi connectivity index (χ4v) is 2.31. The molecule has 114 valence electrons. The Bertz CT molecular complexity index is 844. The number of hydrogen-bond donors (Lipinski definition) is 2. The van der Waals surface area contributed by atoms with Gasteiger partial charge in [0.2, 0.25) is 0 Å². The summed E-state index contributed by atoms with van der Waals surface area (Å²) in [5.74, 6) is -0.562. The zero-order chi connectivity index (χ0) is 16.1. The standard InChI is InChI=1S/C19H16N2O2/c22-18(16-7-2-1-3-8-16)19(23)21-20-13-14-10-11-15-6-4-5-9-17(15)12-14/h1-13,18,22H,(H,21,23)/b20-13-/t18-/m0/s1. The number of amides is 1. The van der Waals surface area contributed by atoms with Gasteiger partial charge in [0.05, 0.1) is 6.21 Å². The van der Waals surface area contributed by atoms with Crippen LogP contribution in [0.3, 0.4) is 0 Å². The minimum atomic E-state index is -1.23. The van der Waals surface area contributed by atoms with Crippen molar-refractivity contribution in [2.24, 2.45) is 5.10 Å². The maximum atomic E-state index is 11.9. The van der Waals surface area contributed by atoms with Gasteiger partial charge < -0.3 is 5.11 Å². The summed E-state index contributed by atoms with van der Waals surface area (Å²) in [6, 6.07) is 22.7. The highest BCUT2D eigenvalue weighted by Gasteiger charge is 2.15. The minimum Gasteiger partial charge on any atom is -0.378 e. The number of carbonyl (C=O) groups is 1. The first-order valence-electron chi connectivity index (χ1n) is 7.29. The van der Waals surface area contributed by atoms with Crippen LogP contribution in [0.4, 0.5) is 0 Å². The summed E-state index contributed by atoms with van der Waals surface area (Å²) in [5.41, 5.74) is 3.76. The van der Waals surface area contributed by atoms with Crippen LogP contribution < -0.4 is 5.43 Å². The molecular weight excluding hydrogens is 288 g/mol. The predicted molar refractivity (Wildman–Crippen MR) is 91.1 cm³/mol. The molecule has 0 saturated heterocycles. The largest absolute Gasteiger partial charge is 0.378 e. The van der Waals surface area contributed by atoms with Crippen molar-refractivity contribution in [1.29, 1.82) is 0 Å². The molecule has 4 nitrogen and oxygen atoms in total. The Morgan fingerprint density at radius 1 is 0.957 bits per heavy atom. The molecule has 4 heteroatoms. The third-order valence-corrected chi connectivity index (χ3v) is 3.53.